The van der Waals surface area contributed by atoms with Gasteiger partial charge in [-0.2, -0.15) is 0 Å². The Hall–Kier alpha value is -3.92. The molecule has 3 aromatic rings. The molecule has 1 fully saturated rings. The van der Waals surface area contributed by atoms with Gasteiger partial charge < -0.3 is 23.5 Å². The lowest BCUT2D eigenvalue weighted by atomic mass is 9.90. The van der Waals surface area contributed by atoms with Crippen LogP contribution in [0.5, 0.6) is 11.5 Å². The molecule has 0 radical (unpaired) electrons. The van der Waals surface area contributed by atoms with Crippen molar-refractivity contribution in [1.82, 2.24) is 5.16 Å². The molecular formula is C31H38FN2O7+. The highest BCUT2D eigenvalue weighted by molar-refractivity contribution is 5.94. The van der Waals surface area contributed by atoms with Gasteiger partial charge in [0, 0.05) is 42.2 Å². The highest BCUT2D eigenvalue weighted by Crippen LogP contribution is 2.35. The molecular weight excluding hydrogens is 531 g/mol. The number of ketones is 1. The van der Waals surface area contributed by atoms with Crippen molar-refractivity contribution in [2.45, 2.75) is 45.4 Å². The second-order valence-electron chi connectivity index (χ2n) is 10.3. The minimum Gasteiger partial charge on any atom is -0.493 e. The van der Waals surface area contributed by atoms with E-state index in [-0.39, 0.29) is 30.9 Å². The first-order valence-corrected chi connectivity index (χ1v) is 14.0. The Morgan fingerprint density at radius 1 is 1.10 bits per heavy atom. The lowest BCUT2D eigenvalue weighted by Crippen LogP contribution is -2.55. The summed E-state index contributed by atoms with van der Waals surface area (Å²) in [5.41, 5.74) is 1.84. The molecule has 0 unspecified atom stereocenters. The summed E-state index contributed by atoms with van der Waals surface area (Å²) in [6.45, 7) is 6.51. The number of halogens is 1. The fraction of sp³-hybridized carbons (Fsp3) is 0.452. The third-order valence-electron chi connectivity index (χ3n) is 7.51. The lowest BCUT2D eigenvalue weighted by Gasteiger charge is -2.42. The van der Waals surface area contributed by atoms with Crippen molar-refractivity contribution in [1.29, 1.82) is 0 Å². The molecule has 0 N–H and O–H groups in total. The maximum absolute atomic E-state index is 13.6. The summed E-state index contributed by atoms with van der Waals surface area (Å²) in [5.74, 6) is 0.820. The zero-order chi connectivity index (χ0) is 29.2. The number of nitrogens with zero attached hydrogens (tertiary/aromatic N) is 2. The van der Waals surface area contributed by atoms with Crippen molar-refractivity contribution in [2.75, 3.05) is 46.7 Å². The molecule has 220 valence electrons. The molecule has 1 aliphatic rings. The number of carbonyl (C=O) groups is 2. The Bertz CT molecular complexity index is 1360. The van der Waals surface area contributed by atoms with Gasteiger partial charge in [0.05, 0.1) is 39.0 Å². The van der Waals surface area contributed by atoms with Gasteiger partial charge >= 0.3 is 6.16 Å². The van der Waals surface area contributed by atoms with E-state index < -0.39 is 6.16 Å². The van der Waals surface area contributed by atoms with E-state index in [1.807, 2.05) is 13.0 Å². The van der Waals surface area contributed by atoms with E-state index in [2.05, 4.69) is 5.16 Å². The normalized spacial score (nSPS) is 18.9. The van der Waals surface area contributed by atoms with Gasteiger partial charge in [-0.05, 0) is 43.7 Å². The van der Waals surface area contributed by atoms with E-state index in [1.54, 1.807) is 37.5 Å². The number of likely N-dealkylation sites (tertiary alicyclic amines) is 1. The van der Waals surface area contributed by atoms with Gasteiger partial charge in [-0.3, -0.25) is 9.28 Å². The summed E-state index contributed by atoms with van der Waals surface area (Å²) >= 11 is 0. The Labute approximate surface area is 239 Å². The molecule has 0 aliphatic carbocycles. The van der Waals surface area contributed by atoms with Gasteiger partial charge in [0.2, 0.25) is 6.73 Å². The minimum atomic E-state index is -0.693. The molecule has 1 aliphatic heterocycles. The lowest BCUT2D eigenvalue weighted by molar-refractivity contribution is -0.948. The molecule has 0 saturated carbocycles. The monoisotopic (exact) mass is 569 g/mol. The summed E-state index contributed by atoms with van der Waals surface area (Å²) in [7, 11) is 1.54. The Morgan fingerprint density at radius 3 is 2.63 bits per heavy atom. The molecule has 41 heavy (non-hydrogen) atoms. The molecule has 0 amide bonds. The smallest absolute Gasteiger partial charge is 0.493 e. The molecule has 1 aromatic heterocycles. The van der Waals surface area contributed by atoms with Crippen LogP contribution in [0.1, 0.15) is 61.5 Å². The van der Waals surface area contributed by atoms with Gasteiger partial charge in [-0.25, -0.2) is 9.18 Å². The third-order valence-corrected chi connectivity index (χ3v) is 7.51. The molecule has 9 nitrogen and oxygen atoms in total. The van der Waals surface area contributed by atoms with Crippen molar-refractivity contribution in [3.05, 3.63) is 65.6 Å². The quantitative estimate of drug-likeness (QED) is 0.0765. The van der Waals surface area contributed by atoms with Crippen LogP contribution < -0.4 is 9.47 Å². The van der Waals surface area contributed by atoms with E-state index in [4.69, 9.17) is 23.5 Å². The van der Waals surface area contributed by atoms with E-state index in [1.165, 1.54) is 19.1 Å². The first-order valence-electron chi connectivity index (χ1n) is 14.0. The molecule has 0 spiro atoms. The average Bonchev–Trinajstić information content (AvgIpc) is 3.40. The maximum Gasteiger partial charge on any atom is 0.512 e. The number of rotatable bonds is 13. The van der Waals surface area contributed by atoms with Gasteiger partial charge in [-0.1, -0.05) is 24.2 Å². The van der Waals surface area contributed by atoms with E-state index >= 15 is 0 Å². The van der Waals surface area contributed by atoms with Gasteiger partial charge in [-0.15, -0.1) is 0 Å². The number of Topliss-reactive ketones (excluding diaryl/α,β-unsaturated/α-hetero) is 1. The second kappa shape index (κ2) is 14.1. The highest BCUT2D eigenvalue weighted by atomic mass is 19.1. The van der Waals surface area contributed by atoms with E-state index in [9.17, 15) is 14.0 Å². The summed E-state index contributed by atoms with van der Waals surface area (Å²) in [5, 5.41) is 5.09. The molecule has 0 atom stereocenters. The molecule has 0 bridgehead atoms. The zero-order valence-corrected chi connectivity index (χ0v) is 23.9. The van der Waals surface area contributed by atoms with Crippen LogP contribution in [0.15, 0.2) is 53.1 Å². The summed E-state index contributed by atoms with van der Waals surface area (Å²) in [4.78, 5) is 24.0. The Kier molecular flexibility index (Phi) is 10.3. The van der Waals surface area contributed by atoms with E-state index in [0.29, 0.717) is 46.7 Å². The second-order valence-corrected chi connectivity index (χ2v) is 10.3. The fourth-order valence-electron chi connectivity index (χ4n) is 5.20. The molecule has 4 rings (SSSR count). The number of hydrogen-bond donors (Lipinski definition) is 0. The van der Waals surface area contributed by atoms with Crippen molar-refractivity contribution < 1.29 is 41.9 Å². The zero-order valence-electron chi connectivity index (χ0n) is 23.9. The number of quaternary nitrogens is 1. The first-order chi connectivity index (χ1) is 19.8. The average molecular weight is 570 g/mol. The number of carbonyl (C=O) groups excluding carboxylic acids is 2. The SMILES string of the molecule is CC/C=C/COC(=O)OC[N+]1(CCCOc2ccc(C(C)=O)cc2OC)CCC(c2noc3cc(F)ccc23)CC1. The minimum absolute atomic E-state index is 0.0459. The maximum atomic E-state index is 13.6. The summed E-state index contributed by atoms with van der Waals surface area (Å²) in [6, 6.07) is 9.63. The highest BCUT2D eigenvalue weighted by Gasteiger charge is 2.37. The summed E-state index contributed by atoms with van der Waals surface area (Å²) < 4.78 is 41.7. The largest absolute Gasteiger partial charge is 0.512 e. The number of fused-ring (bicyclic) bond motifs is 1. The summed E-state index contributed by atoms with van der Waals surface area (Å²) in [6.07, 6.45) is 6.20. The van der Waals surface area contributed by atoms with Gasteiger partial charge in [0.1, 0.15) is 12.4 Å². The molecule has 2 heterocycles. The predicted molar refractivity (Wildman–Crippen MR) is 151 cm³/mol. The van der Waals surface area contributed by atoms with Crippen molar-refractivity contribution >= 4 is 22.9 Å². The number of hydrogen-bond acceptors (Lipinski definition) is 8. The predicted octanol–water partition coefficient (Wildman–Crippen LogP) is 6.42. The van der Waals surface area contributed by atoms with Gasteiger partial charge in [0.25, 0.3) is 0 Å². The van der Waals surface area contributed by atoms with Crippen LogP contribution in [-0.2, 0) is 9.47 Å². The van der Waals surface area contributed by atoms with Crippen LogP contribution in [0.25, 0.3) is 11.0 Å². The Morgan fingerprint density at radius 2 is 1.90 bits per heavy atom. The molecule has 2 aromatic carbocycles. The van der Waals surface area contributed by atoms with Crippen molar-refractivity contribution in [2.24, 2.45) is 0 Å². The first kappa shape index (κ1) is 30.0. The standard InChI is InChI=1S/C31H38FN2O7/c1-4-5-6-17-39-31(36)40-21-34(14-7-18-38-27-11-8-24(22(2)35)19-29(27)37-3)15-12-23(13-16-34)30-26-10-9-25(32)20-28(26)41-33-30/h5-6,8-11,19-20,23H,4,7,12-18,21H2,1-3H3/q+1/b6-5+. The fourth-order valence-corrected chi connectivity index (χ4v) is 5.20. The van der Waals surface area contributed by atoms with Crippen molar-refractivity contribution in [3.63, 3.8) is 0 Å². The van der Waals surface area contributed by atoms with Crippen LogP contribution in [0.2, 0.25) is 0 Å². The van der Waals surface area contributed by atoms with E-state index in [0.717, 1.165) is 43.4 Å². The van der Waals surface area contributed by atoms with Crippen molar-refractivity contribution in [3.8, 4) is 11.5 Å². The Balaban J connectivity index is 1.39. The number of methoxy groups -OCH3 is 1. The number of ether oxygens (including phenoxy) is 4. The number of piperidine rings is 1. The number of aromatic nitrogens is 1. The van der Waals surface area contributed by atoms with Crippen LogP contribution in [0.4, 0.5) is 9.18 Å². The topological polar surface area (TPSA) is 97.1 Å². The van der Waals surface area contributed by atoms with Crippen LogP contribution >= 0.6 is 0 Å². The van der Waals surface area contributed by atoms with Gasteiger partial charge in [0.15, 0.2) is 22.9 Å². The third kappa shape index (κ3) is 7.85. The molecule has 10 heteroatoms. The van der Waals surface area contributed by atoms with Crippen LogP contribution in [0, 0.1) is 5.82 Å². The van der Waals surface area contributed by atoms with Crippen LogP contribution in [0.3, 0.4) is 0 Å². The number of allylic oxidation sites excluding steroid dienone is 1. The number of benzene rings is 2. The van der Waals surface area contributed by atoms with Crippen LogP contribution in [-0.4, -0.2) is 68.3 Å². The molecule has 1 saturated heterocycles.